The topological polar surface area (TPSA) is 0 Å². The second-order valence-electron chi connectivity index (χ2n) is 2.71. The van der Waals surface area contributed by atoms with E-state index in [0.29, 0.717) is 0 Å². The van der Waals surface area contributed by atoms with Crippen molar-refractivity contribution >= 4 is 12.6 Å². The maximum Gasteiger partial charge on any atom is 1.00 e. The third-order valence-electron chi connectivity index (χ3n) is 1.77. The van der Waals surface area contributed by atoms with Crippen LogP contribution in [-0.4, -0.2) is 0 Å². The van der Waals surface area contributed by atoms with E-state index in [1.54, 1.807) is 0 Å². The molecule has 0 heterocycles. The van der Waals surface area contributed by atoms with Crippen LogP contribution in [0.2, 0.25) is 0 Å². The molecule has 1 aromatic rings. The average Bonchev–Trinajstić information content (AvgIpc) is 2.03. The van der Waals surface area contributed by atoms with Gasteiger partial charge in [0.05, 0.1) is 0 Å². The predicted octanol–water partition coefficient (Wildman–Crippen LogP) is -0.0610. The van der Waals surface area contributed by atoms with Crippen LogP contribution in [0.4, 0.5) is 0 Å². The minimum Gasteiger partial charge on any atom is -0.779 e. The van der Waals surface area contributed by atoms with Crippen molar-refractivity contribution in [2.75, 3.05) is 0 Å². The molecule has 12 heavy (non-hydrogen) atoms. The van der Waals surface area contributed by atoms with Crippen LogP contribution in [0, 0.1) is 0 Å². The summed E-state index contributed by atoms with van der Waals surface area (Å²) in [6.07, 6.45) is 3.62. The third-order valence-corrected chi connectivity index (χ3v) is 2.17. The van der Waals surface area contributed by atoms with E-state index >= 15 is 0 Å². The molecule has 0 atom stereocenters. The molecule has 60 valence electrons. The number of benzene rings is 1. The molecule has 1 aromatic carbocycles. The summed E-state index contributed by atoms with van der Waals surface area (Å²) in [5, 5.41) is 0. The Morgan fingerprint density at radius 2 is 1.92 bits per heavy atom. The number of hydrogen-bond donors (Lipinski definition) is 0. The van der Waals surface area contributed by atoms with Crippen molar-refractivity contribution in [3.63, 3.8) is 0 Å². The van der Waals surface area contributed by atoms with Crippen LogP contribution in [0.3, 0.4) is 0 Å². The van der Waals surface area contributed by atoms with Crippen molar-refractivity contribution in [1.82, 2.24) is 0 Å². The van der Waals surface area contributed by atoms with Gasteiger partial charge in [0.1, 0.15) is 0 Å². The monoisotopic (exact) mass is 172 g/mol. The van der Waals surface area contributed by atoms with Gasteiger partial charge in [-0.25, -0.2) is 0 Å². The molecule has 0 spiro atoms. The molecule has 2 heteroatoms. The standard InChI is InChI=1S/C10H14S.Li/c1-2-3-6-9-7-4-5-8-10(9)11;/h4-5,7-8,11H,2-3,6H2,1H3;/q;+1/p-1. The molecule has 0 radical (unpaired) electrons. The van der Waals surface area contributed by atoms with Crippen LogP contribution in [0.25, 0.3) is 0 Å². The van der Waals surface area contributed by atoms with Crippen molar-refractivity contribution in [3.05, 3.63) is 29.8 Å². The Bertz CT molecular complexity index is 223. The van der Waals surface area contributed by atoms with E-state index in [2.05, 4.69) is 19.1 Å². The fraction of sp³-hybridized carbons (Fsp3) is 0.400. The number of hydrogen-bond acceptors (Lipinski definition) is 1. The minimum atomic E-state index is 0. The number of rotatable bonds is 3. The van der Waals surface area contributed by atoms with Gasteiger partial charge in [-0.3, -0.25) is 0 Å². The van der Waals surface area contributed by atoms with Crippen molar-refractivity contribution in [3.8, 4) is 0 Å². The summed E-state index contributed by atoms with van der Waals surface area (Å²) in [4.78, 5) is 1.01. The molecule has 0 bridgehead atoms. The van der Waals surface area contributed by atoms with Gasteiger partial charge in [-0.15, -0.1) is 0 Å². The molecule has 0 saturated heterocycles. The van der Waals surface area contributed by atoms with E-state index in [4.69, 9.17) is 12.6 Å². The normalized spacial score (nSPS) is 9.08. The average molecular weight is 172 g/mol. The zero-order valence-corrected chi connectivity index (χ0v) is 8.66. The van der Waals surface area contributed by atoms with Crippen LogP contribution in [0.15, 0.2) is 29.2 Å². The Kier molecular flexibility index (Phi) is 6.56. The molecule has 0 aromatic heterocycles. The van der Waals surface area contributed by atoms with Crippen molar-refractivity contribution < 1.29 is 18.9 Å². The van der Waals surface area contributed by atoms with Crippen molar-refractivity contribution in [2.24, 2.45) is 0 Å². The van der Waals surface area contributed by atoms with Gasteiger partial charge in [0.2, 0.25) is 0 Å². The number of unbranched alkanes of at least 4 members (excludes halogenated alkanes) is 1. The molecule has 0 nitrogen and oxygen atoms in total. The Hall–Kier alpha value is 0.0374. The molecule has 0 fully saturated rings. The molecule has 1 rings (SSSR count). The van der Waals surface area contributed by atoms with E-state index in [9.17, 15) is 0 Å². The fourth-order valence-corrected chi connectivity index (χ4v) is 1.33. The first-order valence-electron chi connectivity index (χ1n) is 4.09. The molecular weight excluding hydrogens is 159 g/mol. The molecule has 0 aliphatic carbocycles. The summed E-state index contributed by atoms with van der Waals surface area (Å²) in [6.45, 7) is 2.20. The molecule has 0 unspecified atom stereocenters. The zero-order chi connectivity index (χ0) is 8.10. The van der Waals surface area contributed by atoms with Gasteiger partial charge in [0.15, 0.2) is 0 Å². The van der Waals surface area contributed by atoms with Gasteiger partial charge >= 0.3 is 18.9 Å². The van der Waals surface area contributed by atoms with Gasteiger partial charge in [-0.05, 0) is 12.8 Å². The van der Waals surface area contributed by atoms with Gasteiger partial charge in [-0.2, -0.15) is 4.90 Å². The fourth-order valence-electron chi connectivity index (χ4n) is 1.08. The quantitative estimate of drug-likeness (QED) is 0.454. The molecule has 0 N–H and O–H groups in total. The van der Waals surface area contributed by atoms with E-state index in [1.807, 2.05) is 12.1 Å². The van der Waals surface area contributed by atoms with Gasteiger partial charge in [0.25, 0.3) is 0 Å². The van der Waals surface area contributed by atoms with Gasteiger partial charge in [0, 0.05) is 0 Å². The predicted molar refractivity (Wildman–Crippen MR) is 50.7 cm³/mol. The summed E-state index contributed by atoms with van der Waals surface area (Å²) in [5.74, 6) is 0. The van der Waals surface area contributed by atoms with E-state index in [1.165, 1.54) is 18.4 Å². The van der Waals surface area contributed by atoms with Gasteiger partial charge < -0.3 is 12.6 Å². The van der Waals surface area contributed by atoms with Crippen molar-refractivity contribution in [2.45, 2.75) is 31.1 Å². The Morgan fingerprint density at radius 1 is 1.25 bits per heavy atom. The first-order valence-corrected chi connectivity index (χ1v) is 4.50. The largest absolute Gasteiger partial charge is 1.00 e. The van der Waals surface area contributed by atoms with E-state index < -0.39 is 0 Å². The zero-order valence-electron chi connectivity index (χ0n) is 7.84. The molecule has 0 aliphatic rings. The SMILES string of the molecule is CCCCc1ccccc1[S-].[Li+]. The van der Waals surface area contributed by atoms with Crippen LogP contribution in [0.1, 0.15) is 25.3 Å². The van der Waals surface area contributed by atoms with Crippen molar-refractivity contribution in [1.29, 1.82) is 0 Å². The molecular formula is C10H13LiS. The molecule has 0 aliphatic heterocycles. The van der Waals surface area contributed by atoms with Gasteiger partial charge in [-0.1, -0.05) is 43.2 Å². The van der Waals surface area contributed by atoms with Crippen LogP contribution in [0.5, 0.6) is 0 Å². The Balaban J connectivity index is 0.00000121. The van der Waals surface area contributed by atoms with Crippen LogP contribution < -0.4 is 18.9 Å². The third kappa shape index (κ3) is 3.63. The first-order chi connectivity index (χ1) is 5.34. The van der Waals surface area contributed by atoms with E-state index in [0.717, 1.165) is 11.3 Å². The summed E-state index contributed by atoms with van der Waals surface area (Å²) in [5.41, 5.74) is 1.32. The smallest absolute Gasteiger partial charge is 0.779 e. The molecule has 0 amide bonds. The second-order valence-corrected chi connectivity index (χ2v) is 3.15. The maximum atomic E-state index is 5.17. The second kappa shape index (κ2) is 6.54. The maximum absolute atomic E-state index is 5.17. The van der Waals surface area contributed by atoms with Crippen LogP contribution in [-0.2, 0) is 19.0 Å². The van der Waals surface area contributed by atoms with E-state index in [-0.39, 0.29) is 18.9 Å². The van der Waals surface area contributed by atoms with Crippen LogP contribution >= 0.6 is 0 Å². The summed E-state index contributed by atoms with van der Waals surface area (Å²) >= 11 is 5.17. The summed E-state index contributed by atoms with van der Waals surface area (Å²) < 4.78 is 0. The molecule has 0 saturated carbocycles. The first kappa shape index (κ1) is 12.0. The Labute approximate surface area is 92.3 Å². The summed E-state index contributed by atoms with van der Waals surface area (Å²) in [6, 6.07) is 8.18. The summed E-state index contributed by atoms with van der Waals surface area (Å²) in [7, 11) is 0. The minimum absolute atomic E-state index is 0. The Morgan fingerprint density at radius 3 is 2.50 bits per heavy atom. The number of aryl methyl sites for hydroxylation is 1.